The van der Waals surface area contributed by atoms with Crippen molar-refractivity contribution < 1.29 is 9.18 Å². The molecule has 1 amide bonds. The molecule has 108 valence electrons. The van der Waals surface area contributed by atoms with Gasteiger partial charge in [0.25, 0.3) is 0 Å². The minimum Gasteiger partial charge on any atom is -0.273 e. The fourth-order valence-electron chi connectivity index (χ4n) is 1.76. The van der Waals surface area contributed by atoms with Gasteiger partial charge in [-0.05, 0) is 24.1 Å². The predicted octanol–water partition coefficient (Wildman–Crippen LogP) is 3.56. The molecule has 0 aliphatic rings. The van der Waals surface area contributed by atoms with E-state index in [1.165, 1.54) is 18.3 Å². The van der Waals surface area contributed by atoms with Crippen LogP contribution >= 0.6 is 11.6 Å². The van der Waals surface area contributed by atoms with Crippen molar-refractivity contribution in [2.24, 2.45) is 5.10 Å². The number of hydrogen-bond acceptors (Lipinski definition) is 2. The largest absolute Gasteiger partial charge is 0.273 e. The van der Waals surface area contributed by atoms with Gasteiger partial charge in [-0.25, -0.2) is 9.82 Å². The van der Waals surface area contributed by atoms with Gasteiger partial charge < -0.3 is 0 Å². The Bertz CT molecular complexity index is 624. The van der Waals surface area contributed by atoms with E-state index in [1.54, 1.807) is 6.07 Å². The van der Waals surface area contributed by atoms with E-state index >= 15 is 0 Å². The van der Waals surface area contributed by atoms with Crippen LogP contribution in [0, 0.1) is 5.82 Å². The highest BCUT2D eigenvalue weighted by Gasteiger charge is 2.04. The minimum absolute atomic E-state index is 0.155. The number of nitrogens with zero attached hydrogens (tertiary/aromatic N) is 1. The zero-order valence-electron chi connectivity index (χ0n) is 11.2. The van der Waals surface area contributed by atoms with Crippen LogP contribution in [0.5, 0.6) is 0 Å². The molecule has 0 aliphatic heterocycles. The van der Waals surface area contributed by atoms with Crippen molar-refractivity contribution >= 4 is 23.7 Å². The summed E-state index contributed by atoms with van der Waals surface area (Å²) in [5, 5.41) is 3.97. The lowest BCUT2D eigenvalue weighted by atomic mass is 10.1. The lowest BCUT2D eigenvalue weighted by Crippen LogP contribution is -2.18. The highest BCUT2D eigenvalue weighted by molar-refractivity contribution is 6.33. The first-order valence-electron chi connectivity index (χ1n) is 6.46. The van der Waals surface area contributed by atoms with Gasteiger partial charge in [0, 0.05) is 12.0 Å². The van der Waals surface area contributed by atoms with Gasteiger partial charge in [0.2, 0.25) is 5.91 Å². The van der Waals surface area contributed by atoms with Crippen molar-refractivity contribution in [3.63, 3.8) is 0 Å². The quantitative estimate of drug-likeness (QED) is 0.666. The van der Waals surface area contributed by atoms with E-state index in [0.29, 0.717) is 12.8 Å². The fourth-order valence-corrected chi connectivity index (χ4v) is 1.97. The van der Waals surface area contributed by atoms with Gasteiger partial charge in [-0.15, -0.1) is 0 Å². The Kier molecular flexibility index (Phi) is 5.46. The molecule has 5 heteroatoms. The third-order valence-electron chi connectivity index (χ3n) is 2.87. The summed E-state index contributed by atoms with van der Waals surface area (Å²) in [5.41, 5.74) is 3.59. The van der Waals surface area contributed by atoms with E-state index in [1.807, 2.05) is 30.3 Å². The van der Waals surface area contributed by atoms with Gasteiger partial charge in [-0.3, -0.25) is 4.79 Å². The standard InChI is InChI=1S/C16H14ClFN2O/c17-14-7-4-8-15(18)13(14)11-19-20-16(21)10-9-12-5-2-1-3-6-12/h1-8,11H,9-10H2,(H,20,21)/b19-11+. The summed E-state index contributed by atoms with van der Waals surface area (Å²) in [5.74, 6) is -0.715. The van der Waals surface area contributed by atoms with E-state index in [2.05, 4.69) is 10.5 Å². The second-order valence-corrected chi connectivity index (χ2v) is 4.82. The van der Waals surface area contributed by atoms with Crippen LogP contribution in [0.4, 0.5) is 4.39 Å². The van der Waals surface area contributed by atoms with Crippen molar-refractivity contribution in [2.75, 3.05) is 0 Å². The van der Waals surface area contributed by atoms with E-state index in [9.17, 15) is 9.18 Å². The molecule has 21 heavy (non-hydrogen) atoms. The zero-order valence-corrected chi connectivity index (χ0v) is 12.0. The molecule has 0 radical (unpaired) electrons. The average molecular weight is 305 g/mol. The summed E-state index contributed by atoms with van der Waals surface area (Å²) < 4.78 is 13.5. The minimum atomic E-state index is -0.482. The molecule has 0 atom stereocenters. The van der Waals surface area contributed by atoms with E-state index in [-0.39, 0.29) is 16.5 Å². The summed E-state index contributed by atoms with van der Waals surface area (Å²) in [7, 11) is 0. The van der Waals surface area contributed by atoms with Crippen molar-refractivity contribution in [1.29, 1.82) is 0 Å². The number of benzene rings is 2. The van der Waals surface area contributed by atoms with Crippen LogP contribution in [-0.2, 0) is 11.2 Å². The molecule has 0 spiro atoms. The van der Waals surface area contributed by atoms with Crippen molar-refractivity contribution in [1.82, 2.24) is 5.43 Å². The Morgan fingerprint density at radius 3 is 2.67 bits per heavy atom. The summed E-state index contributed by atoms with van der Waals surface area (Å²) in [6.45, 7) is 0. The molecule has 0 saturated carbocycles. The third kappa shape index (κ3) is 4.68. The second kappa shape index (κ2) is 7.55. The fraction of sp³-hybridized carbons (Fsp3) is 0.125. The summed E-state index contributed by atoms with van der Waals surface area (Å²) in [4.78, 5) is 11.6. The van der Waals surface area contributed by atoms with Crippen LogP contribution in [0.3, 0.4) is 0 Å². The lowest BCUT2D eigenvalue weighted by molar-refractivity contribution is -0.121. The van der Waals surface area contributed by atoms with Gasteiger partial charge in [-0.2, -0.15) is 5.10 Å². The molecule has 0 fully saturated rings. The lowest BCUT2D eigenvalue weighted by Gasteiger charge is -2.01. The van der Waals surface area contributed by atoms with Crippen molar-refractivity contribution in [3.05, 3.63) is 70.5 Å². The molecular formula is C16H14ClFN2O. The highest BCUT2D eigenvalue weighted by atomic mass is 35.5. The number of halogens is 2. The number of carbonyl (C=O) groups excluding carboxylic acids is 1. The Labute approximate surface area is 127 Å². The van der Waals surface area contributed by atoms with E-state index < -0.39 is 5.82 Å². The van der Waals surface area contributed by atoms with Gasteiger partial charge in [0.05, 0.1) is 11.2 Å². The Morgan fingerprint density at radius 2 is 1.95 bits per heavy atom. The SMILES string of the molecule is O=C(CCc1ccccc1)N/N=C/c1c(F)cccc1Cl. The van der Waals surface area contributed by atoms with Crippen LogP contribution in [0.25, 0.3) is 0 Å². The molecule has 3 nitrogen and oxygen atoms in total. The first-order chi connectivity index (χ1) is 10.2. The van der Waals surface area contributed by atoms with Crippen LogP contribution < -0.4 is 5.43 Å². The Balaban J connectivity index is 1.85. The third-order valence-corrected chi connectivity index (χ3v) is 3.20. The maximum Gasteiger partial charge on any atom is 0.240 e. The maximum atomic E-state index is 13.5. The molecule has 0 aromatic heterocycles. The second-order valence-electron chi connectivity index (χ2n) is 4.41. The molecule has 0 heterocycles. The monoisotopic (exact) mass is 304 g/mol. The van der Waals surface area contributed by atoms with Crippen LogP contribution in [0.1, 0.15) is 17.5 Å². The molecule has 2 aromatic rings. The van der Waals surface area contributed by atoms with Crippen LogP contribution in [0.15, 0.2) is 53.6 Å². The Hall–Kier alpha value is -2.20. The average Bonchev–Trinajstić information content (AvgIpc) is 2.49. The van der Waals surface area contributed by atoms with E-state index in [0.717, 1.165) is 5.56 Å². The number of nitrogens with one attached hydrogen (secondary N) is 1. The first kappa shape index (κ1) is 15.2. The normalized spacial score (nSPS) is 10.8. The molecule has 0 unspecified atom stereocenters. The number of rotatable bonds is 5. The molecule has 0 bridgehead atoms. The number of carbonyl (C=O) groups is 1. The number of aryl methyl sites for hydroxylation is 1. The highest BCUT2D eigenvalue weighted by Crippen LogP contribution is 2.16. The number of hydrogen-bond donors (Lipinski definition) is 1. The maximum absolute atomic E-state index is 13.5. The van der Waals surface area contributed by atoms with Crippen molar-refractivity contribution in [2.45, 2.75) is 12.8 Å². The first-order valence-corrected chi connectivity index (χ1v) is 6.84. The smallest absolute Gasteiger partial charge is 0.240 e. The van der Waals surface area contributed by atoms with Crippen LogP contribution in [0.2, 0.25) is 5.02 Å². The summed E-state index contributed by atoms with van der Waals surface area (Å²) >= 11 is 5.84. The molecular weight excluding hydrogens is 291 g/mol. The molecule has 2 rings (SSSR count). The molecule has 0 aliphatic carbocycles. The number of amides is 1. The van der Waals surface area contributed by atoms with E-state index in [4.69, 9.17) is 11.6 Å². The molecule has 0 saturated heterocycles. The van der Waals surface area contributed by atoms with Gasteiger partial charge in [0.1, 0.15) is 5.82 Å². The predicted molar refractivity (Wildman–Crippen MR) is 81.9 cm³/mol. The topological polar surface area (TPSA) is 41.5 Å². The van der Waals surface area contributed by atoms with Gasteiger partial charge in [0.15, 0.2) is 0 Å². The summed E-state index contributed by atoms with van der Waals surface area (Å²) in [6, 6.07) is 14.0. The van der Waals surface area contributed by atoms with Crippen molar-refractivity contribution in [3.8, 4) is 0 Å². The Morgan fingerprint density at radius 1 is 1.19 bits per heavy atom. The van der Waals surface area contributed by atoms with Crippen LogP contribution in [-0.4, -0.2) is 12.1 Å². The molecule has 1 N–H and O–H groups in total. The van der Waals surface area contributed by atoms with Gasteiger partial charge >= 0.3 is 0 Å². The number of hydrazone groups is 1. The zero-order chi connectivity index (χ0) is 15.1. The molecule has 2 aromatic carbocycles. The summed E-state index contributed by atoms with van der Waals surface area (Å²) in [6.07, 6.45) is 2.15. The van der Waals surface area contributed by atoms with Gasteiger partial charge in [-0.1, -0.05) is 48.0 Å².